The zero-order chi connectivity index (χ0) is 24.8. The van der Waals surface area contributed by atoms with Crippen LogP contribution >= 0.6 is 0 Å². The molecule has 1 atom stereocenters. The summed E-state index contributed by atoms with van der Waals surface area (Å²) in [6.45, 7) is 2.72. The van der Waals surface area contributed by atoms with Crippen LogP contribution in [0.3, 0.4) is 0 Å². The van der Waals surface area contributed by atoms with Crippen LogP contribution in [0.1, 0.15) is 39.5 Å². The monoisotopic (exact) mass is 482 g/mol. The molecule has 2 aliphatic rings. The molecule has 1 aromatic carbocycles. The van der Waals surface area contributed by atoms with E-state index in [-0.39, 0.29) is 5.91 Å². The van der Waals surface area contributed by atoms with Gasteiger partial charge in [-0.05, 0) is 44.3 Å². The van der Waals surface area contributed by atoms with E-state index in [0.717, 1.165) is 59.6 Å². The number of amides is 1. The molecule has 0 saturated carbocycles. The Kier molecular flexibility index (Phi) is 5.70. The average molecular weight is 483 g/mol. The molecule has 0 aliphatic carbocycles. The largest absolute Gasteiger partial charge is 0.381 e. The van der Waals surface area contributed by atoms with Crippen molar-refractivity contribution in [1.29, 1.82) is 0 Å². The first-order valence-corrected chi connectivity index (χ1v) is 12.3. The number of carbonyl (C=O) groups excluding carboxylic acids is 1. The molecule has 8 heteroatoms. The van der Waals surface area contributed by atoms with E-state index in [0.29, 0.717) is 29.5 Å². The normalized spacial score (nSPS) is 17.1. The maximum absolute atomic E-state index is 12.9. The summed E-state index contributed by atoms with van der Waals surface area (Å²) in [5.41, 5.74) is 7.48. The van der Waals surface area contributed by atoms with E-state index in [1.54, 1.807) is 6.20 Å². The molecule has 5 heterocycles. The zero-order valence-corrected chi connectivity index (χ0v) is 20.8. The van der Waals surface area contributed by atoms with Gasteiger partial charge in [0.1, 0.15) is 5.82 Å². The maximum atomic E-state index is 12.9. The highest BCUT2D eigenvalue weighted by Crippen LogP contribution is 2.37. The van der Waals surface area contributed by atoms with Gasteiger partial charge in [0.05, 0.1) is 35.4 Å². The van der Waals surface area contributed by atoms with Crippen molar-refractivity contribution in [1.82, 2.24) is 24.8 Å². The Morgan fingerprint density at radius 2 is 2.11 bits per heavy atom. The molecule has 8 nitrogen and oxygen atoms in total. The first-order valence-electron chi connectivity index (χ1n) is 12.3. The number of carbonyl (C=O) groups is 1. The molecule has 1 amide bonds. The van der Waals surface area contributed by atoms with Crippen LogP contribution in [0.15, 0.2) is 48.8 Å². The van der Waals surface area contributed by atoms with Crippen LogP contribution in [0.2, 0.25) is 0 Å². The fourth-order valence-electron chi connectivity index (χ4n) is 5.37. The highest BCUT2D eigenvalue weighted by atomic mass is 16.5. The van der Waals surface area contributed by atoms with Crippen molar-refractivity contribution < 1.29 is 9.53 Å². The van der Waals surface area contributed by atoms with Gasteiger partial charge in [0.25, 0.3) is 5.91 Å². The number of anilines is 2. The lowest BCUT2D eigenvalue weighted by molar-refractivity contribution is 0.0966. The number of rotatable bonds is 6. The molecule has 0 bridgehead atoms. The van der Waals surface area contributed by atoms with Crippen LogP contribution in [0, 0.1) is 0 Å². The molecule has 0 radical (unpaired) electrons. The summed E-state index contributed by atoms with van der Waals surface area (Å²) >= 11 is 0. The zero-order valence-electron chi connectivity index (χ0n) is 20.8. The number of hydrogen-bond acceptors (Lipinski definition) is 6. The van der Waals surface area contributed by atoms with Crippen molar-refractivity contribution in [3.05, 3.63) is 71.2 Å². The first kappa shape index (κ1) is 22.7. The number of fused-ring (bicyclic) bond motifs is 2. The Morgan fingerprint density at radius 1 is 1.22 bits per heavy atom. The fourth-order valence-corrected chi connectivity index (χ4v) is 5.37. The van der Waals surface area contributed by atoms with Gasteiger partial charge in [-0.15, -0.1) is 0 Å². The third-order valence-corrected chi connectivity index (χ3v) is 7.12. The Bertz CT molecular complexity index is 1470. The topological polar surface area (TPSA) is 84.3 Å². The van der Waals surface area contributed by atoms with Crippen molar-refractivity contribution in [2.24, 2.45) is 7.05 Å². The second-order valence-electron chi connectivity index (χ2n) is 9.88. The smallest absolute Gasteiger partial charge is 0.254 e. The standard InChI is InChI=1S/C28H30N6O2/c1-33(2)15-23-18(17-10-12-36-16-17)7-8-25(32-23)31-22-14-29-27(21-13-30-28(35)26(21)22)20-5-4-6-24-19(20)9-11-34(24)3/h4-9,11,14,17H,10,12-13,15-16H2,1-3H3,(H,30,35)(H,31,32). The molecule has 1 unspecified atom stereocenters. The summed E-state index contributed by atoms with van der Waals surface area (Å²) in [7, 11) is 6.12. The number of pyridine rings is 2. The van der Waals surface area contributed by atoms with E-state index in [4.69, 9.17) is 14.7 Å². The summed E-state index contributed by atoms with van der Waals surface area (Å²) < 4.78 is 7.72. The van der Waals surface area contributed by atoms with Gasteiger partial charge in [0.15, 0.2) is 0 Å². The molecule has 0 spiro atoms. The van der Waals surface area contributed by atoms with Gasteiger partial charge in [-0.2, -0.15) is 0 Å². The summed E-state index contributed by atoms with van der Waals surface area (Å²) in [6, 6.07) is 12.4. The predicted molar refractivity (Wildman–Crippen MR) is 140 cm³/mol. The van der Waals surface area contributed by atoms with E-state index < -0.39 is 0 Å². The van der Waals surface area contributed by atoms with Crippen molar-refractivity contribution >= 4 is 28.3 Å². The van der Waals surface area contributed by atoms with E-state index >= 15 is 0 Å². The van der Waals surface area contributed by atoms with Gasteiger partial charge in [0, 0.05) is 60.9 Å². The number of ether oxygens (including phenoxy) is 1. The predicted octanol–water partition coefficient (Wildman–Crippen LogP) is 4.19. The third kappa shape index (κ3) is 3.92. The average Bonchev–Trinajstić information content (AvgIpc) is 3.61. The maximum Gasteiger partial charge on any atom is 0.254 e. The number of aryl methyl sites for hydroxylation is 1. The molecule has 4 aromatic rings. The summed E-state index contributed by atoms with van der Waals surface area (Å²) in [5, 5.41) is 7.51. The molecule has 184 valence electrons. The van der Waals surface area contributed by atoms with Crippen molar-refractivity contribution in [3.8, 4) is 11.3 Å². The second kappa shape index (κ2) is 9.04. The number of nitrogens with zero attached hydrogens (tertiary/aromatic N) is 4. The van der Waals surface area contributed by atoms with Crippen LogP contribution in [-0.4, -0.2) is 52.7 Å². The van der Waals surface area contributed by atoms with E-state index in [1.807, 2.05) is 39.5 Å². The Hall–Kier alpha value is -3.75. The lowest BCUT2D eigenvalue weighted by atomic mass is 9.96. The third-order valence-electron chi connectivity index (χ3n) is 7.12. The minimum Gasteiger partial charge on any atom is -0.381 e. The molecule has 2 aliphatic heterocycles. The lowest BCUT2D eigenvalue weighted by Crippen LogP contribution is -2.16. The van der Waals surface area contributed by atoms with Gasteiger partial charge in [-0.25, -0.2) is 4.98 Å². The molecule has 6 rings (SSSR count). The Balaban J connectivity index is 1.39. The van der Waals surface area contributed by atoms with E-state index in [2.05, 4.69) is 44.4 Å². The highest BCUT2D eigenvalue weighted by Gasteiger charge is 2.28. The van der Waals surface area contributed by atoms with Crippen molar-refractivity contribution in [2.45, 2.75) is 25.4 Å². The van der Waals surface area contributed by atoms with E-state index in [1.165, 1.54) is 5.56 Å². The van der Waals surface area contributed by atoms with Crippen molar-refractivity contribution in [2.75, 3.05) is 32.6 Å². The quantitative estimate of drug-likeness (QED) is 0.429. The molecule has 36 heavy (non-hydrogen) atoms. The molecule has 2 N–H and O–H groups in total. The molecule has 1 saturated heterocycles. The molecule has 3 aromatic heterocycles. The van der Waals surface area contributed by atoms with Crippen molar-refractivity contribution in [3.63, 3.8) is 0 Å². The minimum atomic E-state index is -0.0929. The molecular formula is C28H30N6O2. The van der Waals surface area contributed by atoms with E-state index in [9.17, 15) is 4.79 Å². The number of benzene rings is 1. The van der Waals surface area contributed by atoms with Crippen LogP contribution in [0.5, 0.6) is 0 Å². The first-order chi connectivity index (χ1) is 17.5. The molecular weight excluding hydrogens is 452 g/mol. The Morgan fingerprint density at radius 3 is 2.92 bits per heavy atom. The second-order valence-corrected chi connectivity index (χ2v) is 9.88. The van der Waals surface area contributed by atoms with Gasteiger partial charge in [-0.3, -0.25) is 9.78 Å². The van der Waals surface area contributed by atoms with Crippen LogP contribution < -0.4 is 10.6 Å². The summed E-state index contributed by atoms with van der Waals surface area (Å²) in [4.78, 5) is 24.9. The number of aromatic nitrogens is 3. The molecule has 1 fully saturated rings. The number of hydrogen-bond donors (Lipinski definition) is 2. The van der Waals surface area contributed by atoms with Gasteiger partial charge in [-0.1, -0.05) is 18.2 Å². The van der Waals surface area contributed by atoms with Gasteiger partial charge in [0.2, 0.25) is 0 Å². The highest BCUT2D eigenvalue weighted by molar-refractivity contribution is 6.07. The SMILES string of the molecule is CN(C)Cc1nc(Nc2cnc(-c3cccc4c3ccn4C)c3c2C(=O)NC3)ccc1C1CCOC1. The minimum absolute atomic E-state index is 0.0929. The van der Waals surface area contributed by atoms with Crippen LogP contribution in [0.4, 0.5) is 11.5 Å². The van der Waals surface area contributed by atoms with Gasteiger partial charge < -0.3 is 24.8 Å². The summed E-state index contributed by atoms with van der Waals surface area (Å²) in [6.07, 6.45) is 4.82. The lowest BCUT2D eigenvalue weighted by Gasteiger charge is -2.19. The van der Waals surface area contributed by atoms with Gasteiger partial charge >= 0.3 is 0 Å². The van der Waals surface area contributed by atoms with Crippen LogP contribution in [0.25, 0.3) is 22.2 Å². The fraction of sp³-hybridized carbons (Fsp3) is 0.321. The number of nitrogens with one attached hydrogen (secondary N) is 2. The van der Waals surface area contributed by atoms with Crippen LogP contribution in [-0.2, 0) is 24.9 Å². The Labute approximate surface area is 210 Å². The summed E-state index contributed by atoms with van der Waals surface area (Å²) in [5.74, 6) is 0.985.